The zero-order chi connectivity index (χ0) is 13.5. The van der Waals surface area contributed by atoms with Crippen molar-refractivity contribution in [2.75, 3.05) is 24.3 Å². The number of amides is 1. The zero-order valence-electron chi connectivity index (χ0n) is 11.4. The fourth-order valence-corrected chi connectivity index (χ4v) is 1.65. The Balaban J connectivity index is 2.61. The van der Waals surface area contributed by atoms with Crippen molar-refractivity contribution in [1.29, 1.82) is 0 Å². The lowest BCUT2D eigenvalue weighted by Crippen LogP contribution is -2.35. The summed E-state index contributed by atoms with van der Waals surface area (Å²) in [6.45, 7) is 2.09. The Labute approximate surface area is 109 Å². The van der Waals surface area contributed by atoms with Crippen LogP contribution in [0.15, 0.2) is 24.3 Å². The van der Waals surface area contributed by atoms with Crippen molar-refractivity contribution >= 4 is 17.3 Å². The molecule has 1 atom stereocenters. The van der Waals surface area contributed by atoms with Crippen molar-refractivity contribution in [2.24, 2.45) is 5.73 Å². The maximum atomic E-state index is 11.8. The van der Waals surface area contributed by atoms with Gasteiger partial charge in [-0.3, -0.25) is 4.79 Å². The summed E-state index contributed by atoms with van der Waals surface area (Å²) in [5, 5.41) is 2.86. The lowest BCUT2D eigenvalue weighted by molar-refractivity contribution is -0.117. The minimum absolute atomic E-state index is 0.112. The highest BCUT2D eigenvalue weighted by atomic mass is 16.2. The Morgan fingerprint density at radius 1 is 1.44 bits per heavy atom. The van der Waals surface area contributed by atoms with Gasteiger partial charge in [0.2, 0.25) is 5.91 Å². The molecule has 18 heavy (non-hydrogen) atoms. The van der Waals surface area contributed by atoms with Gasteiger partial charge >= 0.3 is 0 Å². The van der Waals surface area contributed by atoms with Crippen LogP contribution in [0.2, 0.25) is 0 Å². The number of rotatable bonds is 6. The molecule has 0 aromatic heterocycles. The van der Waals surface area contributed by atoms with Crippen LogP contribution in [0.3, 0.4) is 0 Å². The SMILES string of the molecule is CCCCC(N)C(=O)Nc1cccc(N(C)C)c1. The molecular weight excluding hydrogens is 226 g/mol. The average molecular weight is 249 g/mol. The number of benzene rings is 1. The predicted octanol–water partition coefficient (Wildman–Crippen LogP) is 2.21. The fraction of sp³-hybridized carbons (Fsp3) is 0.500. The second-order valence-electron chi connectivity index (χ2n) is 4.68. The van der Waals surface area contributed by atoms with Gasteiger partial charge in [0.15, 0.2) is 0 Å². The third kappa shape index (κ3) is 4.37. The molecule has 100 valence electrons. The van der Waals surface area contributed by atoms with Crippen LogP contribution < -0.4 is 16.0 Å². The van der Waals surface area contributed by atoms with E-state index in [-0.39, 0.29) is 5.91 Å². The molecule has 1 aromatic rings. The number of carbonyl (C=O) groups excluding carboxylic acids is 1. The average Bonchev–Trinajstić information content (AvgIpc) is 2.36. The van der Waals surface area contributed by atoms with Crippen molar-refractivity contribution in [2.45, 2.75) is 32.2 Å². The van der Waals surface area contributed by atoms with Crippen LogP contribution in [0.25, 0.3) is 0 Å². The Bertz CT molecular complexity index is 390. The number of nitrogens with zero attached hydrogens (tertiary/aromatic N) is 1. The van der Waals surface area contributed by atoms with Crippen molar-refractivity contribution in [3.8, 4) is 0 Å². The van der Waals surface area contributed by atoms with Gasteiger partial charge in [-0.15, -0.1) is 0 Å². The summed E-state index contributed by atoms with van der Waals surface area (Å²) in [6.07, 6.45) is 2.76. The quantitative estimate of drug-likeness (QED) is 0.812. The minimum atomic E-state index is -0.423. The van der Waals surface area contributed by atoms with E-state index in [1.165, 1.54) is 0 Å². The highest BCUT2D eigenvalue weighted by molar-refractivity contribution is 5.95. The molecule has 0 saturated heterocycles. The molecule has 1 amide bonds. The first-order valence-electron chi connectivity index (χ1n) is 6.38. The third-order valence-electron chi connectivity index (χ3n) is 2.84. The maximum Gasteiger partial charge on any atom is 0.241 e. The molecule has 0 aliphatic rings. The number of unbranched alkanes of at least 4 members (excludes halogenated alkanes) is 1. The molecule has 0 saturated carbocycles. The maximum absolute atomic E-state index is 11.8. The Morgan fingerprint density at radius 3 is 2.78 bits per heavy atom. The van der Waals surface area contributed by atoms with E-state index in [2.05, 4.69) is 12.2 Å². The van der Waals surface area contributed by atoms with Gasteiger partial charge in [0.25, 0.3) is 0 Å². The van der Waals surface area contributed by atoms with Crippen molar-refractivity contribution in [3.05, 3.63) is 24.3 Å². The zero-order valence-corrected chi connectivity index (χ0v) is 11.4. The van der Waals surface area contributed by atoms with E-state index in [0.29, 0.717) is 0 Å². The van der Waals surface area contributed by atoms with Gasteiger partial charge in [0, 0.05) is 25.5 Å². The molecule has 4 heteroatoms. The molecule has 0 spiro atoms. The molecule has 0 aliphatic carbocycles. The normalized spacial score (nSPS) is 12.0. The van der Waals surface area contributed by atoms with Crippen LogP contribution in [0.1, 0.15) is 26.2 Å². The van der Waals surface area contributed by atoms with E-state index in [4.69, 9.17) is 5.73 Å². The molecule has 0 radical (unpaired) electrons. The van der Waals surface area contributed by atoms with Gasteiger partial charge in [-0.25, -0.2) is 0 Å². The molecule has 1 rings (SSSR count). The first-order valence-corrected chi connectivity index (χ1v) is 6.38. The van der Waals surface area contributed by atoms with Gasteiger partial charge in [-0.1, -0.05) is 25.8 Å². The van der Waals surface area contributed by atoms with Gasteiger partial charge < -0.3 is 16.0 Å². The van der Waals surface area contributed by atoms with Crippen LogP contribution in [0.5, 0.6) is 0 Å². The van der Waals surface area contributed by atoms with Crippen LogP contribution in [-0.2, 0) is 4.79 Å². The molecule has 1 unspecified atom stereocenters. The molecule has 0 fully saturated rings. The lowest BCUT2D eigenvalue weighted by atomic mass is 10.1. The molecule has 1 aromatic carbocycles. The number of hydrogen-bond donors (Lipinski definition) is 2. The Kier molecular flexibility index (Phi) is 5.65. The molecule has 0 bridgehead atoms. The van der Waals surface area contributed by atoms with E-state index in [0.717, 1.165) is 30.6 Å². The van der Waals surface area contributed by atoms with Crippen LogP contribution in [0, 0.1) is 0 Å². The van der Waals surface area contributed by atoms with Crippen LogP contribution >= 0.6 is 0 Å². The summed E-state index contributed by atoms with van der Waals surface area (Å²) in [6, 6.07) is 7.30. The first-order chi connectivity index (χ1) is 8.54. The fourth-order valence-electron chi connectivity index (χ4n) is 1.65. The predicted molar refractivity (Wildman–Crippen MR) is 76.9 cm³/mol. The second kappa shape index (κ2) is 7.01. The second-order valence-corrected chi connectivity index (χ2v) is 4.68. The summed E-state index contributed by atoms with van der Waals surface area (Å²) in [7, 11) is 3.93. The summed E-state index contributed by atoms with van der Waals surface area (Å²) >= 11 is 0. The molecule has 3 N–H and O–H groups in total. The summed E-state index contributed by atoms with van der Waals surface area (Å²) in [5.74, 6) is -0.112. The topological polar surface area (TPSA) is 58.4 Å². The first kappa shape index (κ1) is 14.5. The number of carbonyl (C=O) groups is 1. The van der Waals surface area contributed by atoms with Crippen molar-refractivity contribution < 1.29 is 4.79 Å². The number of nitrogens with two attached hydrogens (primary N) is 1. The highest BCUT2D eigenvalue weighted by Crippen LogP contribution is 2.17. The summed E-state index contributed by atoms with van der Waals surface area (Å²) in [5.41, 5.74) is 7.67. The molecular formula is C14H23N3O. The third-order valence-corrected chi connectivity index (χ3v) is 2.84. The monoisotopic (exact) mass is 249 g/mol. The largest absolute Gasteiger partial charge is 0.378 e. The summed E-state index contributed by atoms with van der Waals surface area (Å²) in [4.78, 5) is 13.8. The van der Waals surface area contributed by atoms with Gasteiger partial charge in [0.05, 0.1) is 6.04 Å². The van der Waals surface area contributed by atoms with Crippen molar-refractivity contribution in [3.63, 3.8) is 0 Å². The van der Waals surface area contributed by atoms with Crippen LogP contribution in [-0.4, -0.2) is 26.0 Å². The number of nitrogens with one attached hydrogen (secondary N) is 1. The minimum Gasteiger partial charge on any atom is -0.378 e. The van der Waals surface area contributed by atoms with E-state index in [1.807, 2.05) is 43.3 Å². The van der Waals surface area contributed by atoms with Gasteiger partial charge in [0.1, 0.15) is 0 Å². The van der Waals surface area contributed by atoms with Gasteiger partial charge in [-0.05, 0) is 24.6 Å². The Morgan fingerprint density at radius 2 is 2.17 bits per heavy atom. The standard InChI is InChI=1S/C14H23N3O/c1-4-5-9-13(15)14(18)16-11-7-6-8-12(10-11)17(2)3/h6-8,10,13H,4-5,9,15H2,1-3H3,(H,16,18). The molecule has 4 nitrogen and oxygen atoms in total. The highest BCUT2D eigenvalue weighted by Gasteiger charge is 2.12. The number of hydrogen-bond acceptors (Lipinski definition) is 3. The molecule has 0 heterocycles. The lowest BCUT2D eigenvalue weighted by Gasteiger charge is -2.15. The van der Waals surface area contributed by atoms with E-state index in [9.17, 15) is 4.79 Å². The van der Waals surface area contributed by atoms with Crippen molar-refractivity contribution in [1.82, 2.24) is 0 Å². The Hall–Kier alpha value is -1.55. The van der Waals surface area contributed by atoms with Crippen LogP contribution in [0.4, 0.5) is 11.4 Å². The van der Waals surface area contributed by atoms with E-state index in [1.54, 1.807) is 0 Å². The summed E-state index contributed by atoms with van der Waals surface area (Å²) < 4.78 is 0. The van der Waals surface area contributed by atoms with Gasteiger partial charge in [-0.2, -0.15) is 0 Å². The van der Waals surface area contributed by atoms with E-state index < -0.39 is 6.04 Å². The van der Waals surface area contributed by atoms with E-state index >= 15 is 0 Å². The number of anilines is 2. The smallest absolute Gasteiger partial charge is 0.241 e. The molecule has 0 aliphatic heterocycles.